The van der Waals surface area contributed by atoms with E-state index in [9.17, 15) is 9.18 Å². The van der Waals surface area contributed by atoms with Gasteiger partial charge in [0.25, 0.3) is 5.91 Å². The molecule has 4 heteroatoms. The summed E-state index contributed by atoms with van der Waals surface area (Å²) in [6.07, 6.45) is 5.67. The van der Waals surface area contributed by atoms with Crippen LogP contribution in [-0.4, -0.2) is 21.4 Å². The minimum atomic E-state index is -0.861. The maximum absolute atomic E-state index is 14.8. The Kier molecular flexibility index (Phi) is 3.32. The van der Waals surface area contributed by atoms with E-state index in [2.05, 4.69) is 18.8 Å². The molecule has 4 aliphatic carbocycles. The van der Waals surface area contributed by atoms with Crippen LogP contribution in [-0.2, 0) is 4.79 Å². The van der Waals surface area contributed by atoms with Gasteiger partial charge in [-0.1, -0.05) is 25.6 Å². The van der Waals surface area contributed by atoms with E-state index in [1.807, 2.05) is 6.92 Å². The number of halogens is 1. The Hall–Kier alpha value is -0.380. The van der Waals surface area contributed by atoms with Crippen LogP contribution >= 0.6 is 11.8 Å². The number of thioether (sulfide) groups is 1. The summed E-state index contributed by atoms with van der Waals surface area (Å²) in [4.78, 5) is 16.7. The highest BCUT2D eigenvalue weighted by molar-refractivity contribution is 8.16. The Labute approximate surface area is 136 Å². The molecule has 2 nitrogen and oxygen atoms in total. The third kappa shape index (κ3) is 2.20. The highest BCUT2D eigenvalue weighted by Gasteiger charge is 2.56. The highest BCUT2D eigenvalue weighted by Crippen LogP contribution is 2.61. The van der Waals surface area contributed by atoms with Gasteiger partial charge in [-0.05, 0) is 75.0 Å². The molecule has 22 heavy (non-hydrogen) atoms. The predicted octanol–water partition coefficient (Wildman–Crippen LogP) is 4.63. The lowest BCUT2D eigenvalue weighted by Crippen LogP contribution is -2.52. The van der Waals surface area contributed by atoms with Crippen molar-refractivity contribution in [3.8, 4) is 0 Å². The number of amides is 1. The van der Waals surface area contributed by atoms with E-state index in [-0.39, 0.29) is 10.7 Å². The van der Waals surface area contributed by atoms with Gasteiger partial charge in [-0.2, -0.15) is 0 Å². The zero-order valence-corrected chi connectivity index (χ0v) is 14.6. The number of carbonyl (C=O) groups excluding carboxylic acids is 1. The van der Waals surface area contributed by atoms with Gasteiger partial charge in [-0.3, -0.25) is 4.79 Å². The van der Waals surface area contributed by atoms with Crippen LogP contribution in [0.4, 0.5) is 4.39 Å². The molecule has 0 radical (unpaired) electrons. The number of carbonyl (C=O) groups is 1. The molecule has 0 aromatic rings. The molecule has 1 heterocycles. The van der Waals surface area contributed by atoms with E-state index < -0.39 is 5.67 Å². The summed E-state index contributed by atoms with van der Waals surface area (Å²) in [6, 6.07) is 0. The zero-order chi connectivity index (χ0) is 15.7. The third-order valence-electron chi connectivity index (χ3n) is 6.89. The molecule has 0 aromatic heterocycles. The average molecular weight is 323 g/mol. The second kappa shape index (κ2) is 4.81. The quantitative estimate of drug-likeness (QED) is 0.758. The van der Waals surface area contributed by atoms with E-state index >= 15 is 0 Å². The molecule has 4 saturated carbocycles. The van der Waals surface area contributed by atoms with Crippen LogP contribution in [0.3, 0.4) is 0 Å². The number of hydrogen-bond acceptors (Lipinski definition) is 2. The topological polar surface area (TPSA) is 29.4 Å². The van der Waals surface area contributed by atoms with Crippen molar-refractivity contribution < 1.29 is 9.18 Å². The fraction of sp³-hybridized carbons (Fsp3) is 0.889. The lowest BCUT2D eigenvalue weighted by molar-refractivity contribution is -0.120. The fourth-order valence-corrected chi connectivity index (χ4v) is 6.82. The number of aliphatic imine (C=N–C) groups is 1. The number of hydrogen-bond donors (Lipinski definition) is 0. The first-order valence-electron chi connectivity index (χ1n) is 8.79. The van der Waals surface area contributed by atoms with Crippen LogP contribution in [0.15, 0.2) is 4.99 Å². The van der Waals surface area contributed by atoms with Gasteiger partial charge in [-0.15, -0.1) is 0 Å². The van der Waals surface area contributed by atoms with Gasteiger partial charge in [-0.25, -0.2) is 9.38 Å². The van der Waals surface area contributed by atoms with E-state index in [0.717, 1.165) is 30.7 Å². The minimum Gasteiger partial charge on any atom is -0.271 e. The fourth-order valence-electron chi connectivity index (χ4n) is 5.55. The molecule has 3 atom stereocenters. The molecular weight excluding hydrogens is 297 g/mol. The lowest BCUT2D eigenvalue weighted by atomic mass is 9.50. The second-order valence-electron chi connectivity index (χ2n) is 8.66. The first-order chi connectivity index (χ1) is 10.3. The molecule has 4 bridgehead atoms. The first kappa shape index (κ1) is 15.2. The summed E-state index contributed by atoms with van der Waals surface area (Å²) in [7, 11) is 0. The van der Waals surface area contributed by atoms with Gasteiger partial charge in [0.1, 0.15) is 10.4 Å². The normalized spacial score (nSPS) is 50.0. The molecular formula is C18H26FNOS. The Bertz CT molecular complexity index is 529. The number of alkyl halides is 1. The van der Waals surface area contributed by atoms with Crippen molar-refractivity contribution in [3.05, 3.63) is 0 Å². The molecule has 1 aliphatic heterocycles. The number of nitrogens with zero attached hydrogens (tertiary/aromatic N) is 1. The predicted molar refractivity (Wildman–Crippen MR) is 88.8 cm³/mol. The Morgan fingerprint density at radius 2 is 1.91 bits per heavy atom. The summed E-state index contributed by atoms with van der Waals surface area (Å²) in [5.41, 5.74) is -0.861. The van der Waals surface area contributed by atoms with Gasteiger partial charge < -0.3 is 0 Å². The Morgan fingerprint density at radius 3 is 2.41 bits per heavy atom. The molecule has 0 saturated heterocycles. The van der Waals surface area contributed by atoms with Gasteiger partial charge >= 0.3 is 0 Å². The van der Waals surface area contributed by atoms with Gasteiger partial charge in [0.15, 0.2) is 0 Å². The third-order valence-corrected chi connectivity index (χ3v) is 8.45. The number of rotatable bonds is 3. The van der Waals surface area contributed by atoms with E-state index in [4.69, 9.17) is 0 Å². The summed E-state index contributed by atoms with van der Waals surface area (Å²) in [6.45, 7) is 6.22. The van der Waals surface area contributed by atoms with E-state index in [0.29, 0.717) is 29.6 Å². The molecule has 3 unspecified atom stereocenters. The first-order valence-corrected chi connectivity index (χ1v) is 9.61. The maximum atomic E-state index is 14.8. The molecule has 0 N–H and O–H groups in total. The monoisotopic (exact) mass is 323 g/mol. The van der Waals surface area contributed by atoms with Crippen molar-refractivity contribution in [2.75, 3.05) is 0 Å². The molecule has 4 fully saturated rings. The standard InChI is InChI=1S/C18H26FNOS/c1-10(2)17(3)16(21)20-15(22-17)6-14-12-4-11-5-13(14)9-18(19,7-11)8-12/h10-14H,4-9H2,1-3H3. The van der Waals surface area contributed by atoms with Crippen LogP contribution in [0.2, 0.25) is 0 Å². The molecule has 122 valence electrons. The lowest BCUT2D eigenvalue weighted by Gasteiger charge is -2.57. The molecule has 5 aliphatic rings. The SMILES string of the molecule is CC(C)C1(C)SC(CC2C3CC4CC2CC(F)(C4)C3)=NC1=O. The van der Waals surface area contributed by atoms with Gasteiger partial charge in [0.05, 0.1) is 5.04 Å². The van der Waals surface area contributed by atoms with Crippen molar-refractivity contribution in [1.82, 2.24) is 0 Å². The minimum absolute atomic E-state index is 0.0354. The summed E-state index contributed by atoms with van der Waals surface area (Å²) >= 11 is 1.68. The molecule has 0 aromatic carbocycles. The molecule has 0 spiro atoms. The Balaban J connectivity index is 1.49. The van der Waals surface area contributed by atoms with Crippen molar-refractivity contribution in [2.45, 2.75) is 69.7 Å². The van der Waals surface area contributed by atoms with Crippen LogP contribution in [0.25, 0.3) is 0 Å². The van der Waals surface area contributed by atoms with Gasteiger partial charge in [0, 0.05) is 0 Å². The summed E-state index contributed by atoms with van der Waals surface area (Å²) in [5.74, 6) is 2.57. The van der Waals surface area contributed by atoms with Crippen LogP contribution in [0, 0.1) is 29.6 Å². The van der Waals surface area contributed by atoms with Crippen LogP contribution in [0.1, 0.15) is 59.3 Å². The van der Waals surface area contributed by atoms with E-state index in [1.54, 1.807) is 11.8 Å². The van der Waals surface area contributed by atoms with Crippen LogP contribution < -0.4 is 0 Å². The van der Waals surface area contributed by atoms with Crippen molar-refractivity contribution in [2.24, 2.45) is 34.6 Å². The highest BCUT2D eigenvalue weighted by atomic mass is 32.2. The Morgan fingerprint density at radius 1 is 1.27 bits per heavy atom. The van der Waals surface area contributed by atoms with E-state index in [1.165, 1.54) is 12.8 Å². The largest absolute Gasteiger partial charge is 0.271 e. The maximum Gasteiger partial charge on any atom is 0.263 e. The van der Waals surface area contributed by atoms with Crippen molar-refractivity contribution in [3.63, 3.8) is 0 Å². The second-order valence-corrected chi connectivity index (χ2v) is 10.2. The summed E-state index contributed by atoms with van der Waals surface area (Å²) in [5, 5.41) is 1.02. The zero-order valence-electron chi connectivity index (χ0n) is 13.8. The molecule has 5 rings (SSSR count). The van der Waals surface area contributed by atoms with Crippen molar-refractivity contribution in [1.29, 1.82) is 0 Å². The van der Waals surface area contributed by atoms with Gasteiger partial charge in [0.2, 0.25) is 0 Å². The summed E-state index contributed by atoms with van der Waals surface area (Å²) < 4.78 is 14.4. The van der Waals surface area contributed by atoms with Crippen LogP contribution in [0.5, 0.6) is 0 Å². The smallest absolute Gasteiger partial charge is 0.263 e. The molecule has 1 amide bonds. The van der Waals surface area contributed by atoms with Crippen molar-refractivity contribution >= 4 is 22.7 Å². The average Bonchev–Trinajstić information content (AvgIpc) is 2.68.